The van der Waals surface area contributed by atoms with E-state index in [1.807, 2.05) is 24.4 Å². The first-order chi connectivity index (χ1) is 7.25. The molecule has 0 amide bonds. The van der Waals surface area contributed by atoms with Gasteiger partial charge in [0, 0.05) is 22.7 Å². The van der Waals surface area contributed by atoms with Crippen LogP contribution in [0, 0.1) is 0 Å². The Balaban J connectivity index is 2.41. The van der Waals surface area contributed by atoms with Gasteiger partial charge < -0.3 is 9.72 Å². The van der Waals surface area contributed by atoms with Gasteiger partial charge in [0.15, 0.2) is 0 Å². The Morgan fingerprint density at radius 1 is 1.27 bits per heavy atom. The molecule has 1 aliphatic rings. The van der Waals surface area contributed by atoms with E-state index in [9.17, 15) is 0 Å². The fraction of sp³-hybridized carbons (Fsp3) is 0.0769. The van der Waals surface area contributed by atoms with Gasteiger partial charge in [-0.15, -0.1) is 0 Å². The zero-order chi connectivity index (χ0) is 10.4. The van der Waals surface area contributed by atoms with E-state index < -0.39 is 0 Å². The lowest BCUT2D eigenvalue weighted by Gasteiger charge is -2.18. The van der Waals surface area contributed by atoms with Crippen molar-refractivity contribution in [3.63, 3.8) is 0 Å². The predicted octanol–water partition coefficient (Wildman–Crippen LogP) is 3.48. The second-order valence-electron chi connectivity index (χ2n) is 3.77. The minimum atomic E-state index is 0.704. The zero-order valence-electron chi connectivity index (χ0n) is 8.50. The summed E-state index contributed by atoms with van der Waals surface area (Å²) in [5.74, 6) is 1.60. The third-order valence-corrected chi connectivity index (χ3v) is 2.71. The largest absolute Gasteiger partial charge is 0.457 e. The van der Waals surface area contributed by atoms with E-state index in [2.05, 4.69) is 24.6 Å². The summed E-state index contributed by atoms with van der Waals surface area (Å²) in [7, 11) is 0. The van der Waals surface area contributed by atoms with Gasteiger partial charge in [0.2, 0.25) is 0 Å². The highest BCUT2D eigenvalue weighted by Gasteiger charge is 2.16. The standard InChI is InChI=1S/C13H11NO/c1-8-7-9(2)15-12-4-3-11-10(13(8)12)5-6-14-11/h3-7,14H,2H2,1H3. The minimum Gasteiger partial charge on any atom is -0.457 e. The maximum Gasteiger partial charge on any atom is 0.135 e. The summed E-state index contributed by atoms with van der Waals surface area (Å²) in [6.07, 6.45) is 3.91. The van der Waals surface area contributed by atoms with Crippen molar-refractivity contribution in [3.05, 3.63) is 48.4 Å². The van der Waals surface area contributed by atoms with Crippen LogP contribution in [0.25, 0.3) is 16.5 Å². The molecule has 1 aromatic heterocycles. The maximum atomic E-state index is 5.59. The topological polar surface area (TPSA) is 25.0 Å². The summed E-state index contributed by atoms with van der Waals surface area (Å²) in [4.78, 5) is 3.20. The number of hydrogen-bond acceptors (Lipinski definition) is 1. The minimum absolute atomic E-state index is 0.704. The molecule has 1 aromatic carbocycles. The van der Waals surface area contributed by atoms with Gasteiger partial charge in [0.1, 0.15) is 11.5 Å². The SMILES string of the molecule is C=C1C=C(C)c2c(ccc3[nH]ccc23)O1. The molecule has 1 N–H and O–H groups in total. The summed E-state index contributed by atoms with van der Waals surface area (Å²) >= 11 is 0. The lowest BCUT2D eigenvalue weighted by Crippen LogP contribution is -2.00. The van der Waals surface area contributed by atoms with Crippen LogP contribution in [0.5, 0.6) is 5.75 Å². The van der Waals surface area contributed by atoms with Crippen molar-refractivity contribution in [2.45, 2.75) is 6.92 Å². The van der Waals surface area contributed by atoms with Gasteiger partial charge in [0.05, 0.1) is 0 Å². The second kappa shape index (κ2) is 2.76. The second-order valence-corrected chi connectivity index (χ2v) is 3.77. The molecule has 2 heterocycles. The molecule has 15 heavy (non-hydrogen) atoms. The monoisotopic (exact) mass is 197 g/mol. The Kier molecular flexibility index (Phi) is 1.54. The van der Waals surface area contributed by atoms with Crippen molar-refractivity contribution in [2.75, 3.05) is 0 Å². The van der Waals surface area contributed by atoms with E-state index >= 15 is 0 Å². The molecule has 0 aliphatic carbocycles. The number of H-pyrrole nitrogens is 1. The molecule has 0 atom stereocenters. The average Bonchev–Trinajstić information content (AvgIpc) is 2.63. The van der Waals surface area contributed by atoms with Gasteiger partial charge in [-0.25, -0.2) is 0 Å². The van der Waals surface area contributed by atoms with E-state index in [-0.39, 0.29) is 0 Å². The number of aromatic amines is 1. The van der Waals surface area contributed by atoms with Crippen LogP contribution >= 0.6 is 0 Å². The van der Waals surface area contributed by atoms with Gasteiger partial charge in [-0.05, 0) is 36.8 Å². The first kappa shape index (κ1) is 8.36. The Bertz CT molecular complexity index is 590. The summed E-state index contributed by atoms with van der Waals surface area (Å²) in [6, 6.07) is 6.08. The van der Waals surface area contributed by atoms with Crippen molar-refractivity contribution < 1.29 is 4.74 Å². The van der Waals surface area contributed by atoms with Crippen molar-refractivity contribution in [2.24, 2.45) is 0 Å². The number of benzene rings is 1. The summed E-state index contributed by atoms with van der Waals surface area (Å²) in [6.45, 7) is 5.91. The van der Waals surface area contributed by atoms with E-state index in [1.54, 1.807) is 0 Å². The van der Waals surface area contributed by atoms with E-state index in [4.69, 9.17) is 4.74 Å². The molecule has 0 saturated heterocycles. The molecule has 0 saturated carbocycles. The number of nitrogens with one attached hydrogen (secondary N) is 1. The summed E-state index contributed by atoms with van der Waals surface area (Å²) in [5.41, 5.74) is 3.50. The number of fused-ring (bicyclic) bond motifs is 3. The van der Waals surface area contributed by atoms with Crippen LogP contribution in [-0.2, 0) is 0 Å². The third-order valence-electron chi connectivity index (χ3n) is 2.71. The molecule has 0 spiro atoms. The van der Waals surface area contributed by atoms with Crippen molar-refractivity contribution in [3.8, 4) is 5.75 Å². The highest BCUT2D eigenvalue weighted by atomic mass is 16.5. The molecule has 0 fully saturated rings. The maximum absolute atomic E-state index is 5.59. The first-order valence-corrected chi connectivity index (χ1v) is 4.91. The summed E-state index contributed by atoms with van der Waals surface area (Å²) in [5, 5.41) is 1.20. The normalized spacial score (nSPS) is 14.7. The molecule has 2 nitrogen and oxygen atoms in total. The first-order valence-electron chi connectivity index (χ1n) is 4.91. The molecular weight excluding hydrogens is 186 g/mol. The fourth-order valence-electron chi connectivity index (χ4n) is 2.09. The van der Waals surface area contributed by atoms with Crippen molar-refractivity contribution in [1.82, 2.24) is 4.98 Å². The average molecular weight is 197 g/mol. The van der Waals surface area contributed by atoms with Crippen LogP contribution in [0.2, 0.25) is 0 Å². The highest BCUT2D eigenvalue weighted by molar-refractivity contribution is 5.95. The zero-order valence-corrected chi connectivity index (χ0v) is 8.50. The molecule has 2 aromatic rings. The van der Waals surface area contributed by atoms with Crippen LogP contribution in [0.15, 0.2) is 42.8 Å². The number of hydrogen-bond donors (Lipinski definition) is 1. The smallest absolute Gasteiger partial charge is 0.135 e. The highest BCUT2D eigenvalue weighted by Crippen LogP contribution is 2.37. The molecule has 3 rings (SSSR count). The number of rotatable bonds is 0. The van der Waals surface area contributed by atoms with Crippen molar-refractivity contribution >= 4 is 16.5 Å². The lowest BCUT2D eigenvalue weighted by atomic mass is 9.99. The number of allylic oxidation sites excluding steroid dienone is 2. The van der Waals surface area contributed by atoms with Crippen LogP contribution < -0.4 is 4.74 Å². The van der Waals surface area contributed by atoms with Gasteiger partial charge in [-0.2, -0.15) is 0 Å². The Morgan fingerprint density at radius 2 is 2.13 bits per heavy atom. The van der Waals surface area contributed by atoms with Crippen molar-refractivity contribution in [1.29, 1.82) is 0 Å². The van der Waals surface area contributed by atoms with Crippen LogP contribution in [0.4, 0.5) is 0 Å². The molecular formula is C13H11NO. The van der Waals surface area contributed by atoms with Crippen LogP contribution in [0.1, 0.15) is 12.5 Å². The molecule has 0 unspecified atom stereocenters. The van der Waals surface area contributed by atoms with Gasteiger partial charge in [-0.1, -0.05) is 6.58 Å². The predicted molar refractivity (Wildman–Crippen MR) is 61.7 cm³/mol. The molecule has 0 bridgehead atoms. The Labute approximate surface area is 87.9 Å². The van der Waals surface area contributed by atoms with E-state index in [0.717, 1.165) is 11.3 Å². The number of ether oxygens (including phenoxy) is 1. The van der Waals surface area contributed by atoms with Gasteiger partial charge in [-0.3, -0.25) is 0 Å². The molecule has 0 radical (unpaired) electrons. The van der Waals surface area contributed by atoms with Gasteiger partial charge in [0.25, 0.3) is 0 Å². The lowest BCUT2D eigenvalue weighted by molar-refractivity contribution is 0.442. The van der Waals surface area contributed by atoms with Crippen LogP contribution in [0.3, 0.4) is 0 Å². The van der Waals surface area contributed by atoms with Crippen LogP contribution in [-0.4, -0.2) is 4.98 Å². The fourth-order valence-corrected chi connectivity index (χ4v) is 2.09. The molecule has 1 aliphatic heterocycles. The molecule has 2 heteroatoms. The number of aromatic nitrogens is 1. The Hall–Kier alpha value is -1.96. The summed E-state index contributed by atoms with van der Waals surface area (Å²) < 4.78 is 5.59. The molecule has 74 valence electrons. The van der Waals surface area contributed by atoms with E-state index in [0.29, 0.717) is 5.76 Å². The van der Waals surface area contributed by atoms with Gasteiger partial charge >= 0.3 is 0 Å². The van der Waals surface area contributed by atoms with E-state index in [1.165, 1.54) is 16.5 Å². The Morgan fingerprint density at radius 3 is 3.00 bits per heavy atom. The quantitative estimate of drug-likeness (QED) is 0.687. The third kappa shape index (κ3) is 1.11.